The second kappa shape index (κ2) is 4.08. The van der Waals surface area contributed by atoms with Crippen LogP contribution in [-0.2, 0) is 0 Å². The van der Waals surface area contributed by atoms with Crippen molar-refractivity contribution in [2.75, 3.05) is 12.4 Å². The SMILES string of the molecule is COc1ccc(-c2nc(NC3CC3)no2)cc1. The molecule has 0 radical (unpaired) electrons. The highest BCUT2D eigenvalue weighted by atomic mass is 16.5. The third-order valence-electron chi connectivity index (χ3n) is 2.67. The molecule has 0 unspecified atom stereocenters. The van der Waals surface area contributed by atoms with Crippen LogP contribution < -0.4 is 10.1 Å². The van der Waals surface area contributed by atoms with Crippen LogP contribution in [0.4, 0.5) is 5.95 Å². The van der Waals surface area contributed by atoms with Crippen LogP contribution in [0.15, 0.2) is 28.8 Å². The summed E-state index contributed by atoms with van der Waals surface area (Å²) < 4.78 is 10.3. The van der Waals surface area contributed by atoms with Gasteiger partial charge in [0.15, 0.2) is 0 Å². The molecule has 0 aliphatic heterocycles. The van der Waals surface area contributed by atoms with Crippen molar-refractivity contribution in [3.05, 3.63) is 24.3 Å². The summed E-state index contributed by atoms with van der Waals surface area (Å²) in [6.45, 7) is 0. The summed E-state index contributed by atoms with van der Waals surface area (Å²) in [5.74, 6) is 1.90. The lowest BCUT2D eigenvalue weighted by atomic mass is 10.2. The van der Waals surface area contributed by atoms with Gasteiger partial charge in [0.2, 0.25) is 0 Å². The molecule has 5 heteroatoms. The molecule has 0 atom stereocenters. The summed E-state index contributed by atoms with van der Waals surface area (Å²) in [5, 5.41) is 7.07. The van der Waals surface area contributed by atoms with E-state index in [4.69, 9.17) is 9.26 Å². The lowest BCUT2D eigenvalue weighted by Gasteiger charge is -1.98. The first kappa shape index (κ1) is 10.1. The van der Waals surface area contributed by atoms with Crippen LogP contribution in [0.2, 0.25) is 0 Å². The number of methoxy groups -OCH3 is 1. The van der Waals surface area contributed by atoms with E-state index in [1.54, 1.807) is 7.11 Å². The predicted molar refractivity (Wildman–Crippen MR) is 62.9 cm³/mol. The Kier molecular flexibility index (Phi) is 2.44. The van der Waals surface area contributed by atoms with E-state index in [1.165, 1.54) is 12.8 Å². The molecule has 1 heterocycles. The molecule has 0 bridgehead atoms. The van der Waals surface area contributed by atoms with Gasteiger partial charge in [-0.2, -0.15) is 4.98 Å². The monoisotopic (exact) mass is 231 g/mol. The summed E-state index contributed by atoms with van der Waals surface area (Å²) in [6.07, 6.45) is 2.37. The molecule has 17 heavy (non-hydrogen) atoms. The Bertz CT molecular complexity index is 503. The van der Waals surface area contributed by atoms with E-state index < -0.39 is 0 Å². The largest absolute Gasteiger partial charge is 0.497 e. The molecule has 2 aromatic rings. The van der Waals surface area contributed by atoms with E-state index in [1.807, 2.05) is 24.3 Å². The van der Waals surface area contributed by atoms with E-state index in [9.17, 15) is 0 Å². The minimum absolute atomic E-state index is 0.524. The molecule has 3 rings (SSSR count). The molecule has 1 aliphatic carbocycles. The summed E-state index contributed by atoms with van der Waals surface area (Å²) >= 11 is 0. The third-order valence-corrected chi connectivity index (χ3v) is 2.67. The topological polar surface area (TPSA) is 60.2 Å². The second-order valence-electron chi connectivity index (χ2n) is 4.07. The number of rotatable bonds is 4. The van der Waals surface area contributed by atoms with Gasteiger partial charge < -0.3 is 14.6 Å². The Balaban J connectivity index is 1.79. The number of nitrogens with zero attached hydrogens (tertiary/aromatic N) is 2. The Morgan fingerprint density at radius 2 is 2.06 bits per heavy atom. The third kappa shape index (κ3) is 2.22. The van der Waals surface area contributed by atoms with Gasteiger partial charge in [-0.3, -0.25) is 0 Å². The van der Waals surface area contributed by atoms with Crippen molar-refractivity contribution in [3.8, 4) is 17.2 Å². The van der Waals surface area contributed by atoms with Crippen molar-refractivity contribution < 1.29 is 9.26 Å². The van der Waals surface area contributed by atoms with E-state index >= 15 is 0 Å². The van der Waals surface area contributed by atoms with Crippen molar-refractivity contribution in [2.45, 2.75) is 18.9 Å². The minimum atomic E-state index is 0.524. The molecule has 1 aliphatic rings. The zero-order chi connectivity index (χ0) is 11.7. The van der Waals surface area contributed by atoms with Crippen LogP contribution in [-0.4, -0.2) is 23.3 Å². The van der Waals surface area contributed by atoms with Gasteiger partial charge in [0.05, 0.1) is 7.11 Å². The molecule has 1 N–H and O–H groups in total. The zero-order valence-corrected chi connectivity index (χ0v) is 9.51. The Morgan fingerprint density at radius 3 is 2.71 bits per heavy atom. The van der Waals surface area contributed by atoms with Gasteiger partial charge in [0, 0.05) is 11.6 Å². The summed E-state index contributed by atoms with van der Waals surface area (Å²) in [6, 6.07) is 8.05. The Hall–Kier alpha value is -2.04. The maximum absolute atomic E-state index is 5.19. The smallest absolute Gasteiger partial charge is 0.263 e. The maximum atomic E-state index is 5.19. The number of hydrogen-bond acceptors (Lipinski definition) is 5. The second-order valence-corrected chi connectivity index (χ2v) is 4.07. The highest BCUT2D eigenvalue weighted by Gasteiger charge is 2.23. The van der Waals surface area contributed by atoms with Gasteiger partial charge in [-0.15, -0.1) is 0 Å². The number of benzene rings is 1. The van der Waals surface area contributed by atoms with Crippen molar-refractivity contribution in [1.29, 1.82) is 0 Å². The van der Waals surface area contributed by atoms with Gasteiger partial charge in [-0.25, -0.2) is 0 Å². The highest BCUT2D eigenvalue weighted by molar-refractivity contribution is 5.55. The number of anilines is 1. The molecule has 0 amide bonds. The number of ether oxygens (including phenoxy) is 1. The molecule has 88 valence electrons. The standard InChI is InChI=1S/C12H13N3O2/c1-16-10-6-2-8(3-7-10)11-14-12(15-17-11)13-9-4-5-9/h2-3,6-7,9H,4-5H2,1H3,(H,13,15). The molecule has 0 saturated heterocycles. The molecule has 1 fully saturated rings. The van der Waals surface area contributed by atoms with Crippen LogP contribution in [0.3, 0.4) is 0 Å². The number of aromatic nitrogens is 2. The molecule has 1 saturated carbocycles. The lowest BCUT2D eigenvalue weighted by molar-refractivity contribution is 0.414. The highest BCUT2D eigenvalue weighted by Crippen LogP contribution is 2.25. The first-order chi connectivity index (χ1) is 8.35. The fourth-order valence-corrected chi connectivity index (χ4v) is 1.54. The predicted octanol–water partition coefficient (Wildman–Crippen LogP) is 2.32. The molecular weight excluding hydrogens is 218 g/mol. The first-order valence-electron chi connectivity index (χ1n) is 5.60. The average molecular weight is 231 g/mol. The van der Waals surface area contributed by atoms with E-state index in [0.29, 0.717) is 17.9 Å². The fraction of sp³-hybridized carbons (Fsp3) is 0.333. The van der Waals surface area contributed by atoms with Crippen molar-refractivity contribution in [1.82, 2.24) is 10.1 Å². The normalized spacial score (nSPS) is 14.6. The molecule has 1 aromatic heterocycles. The van der Waals surface area contributed by atoms with E-state index in [-0.39, 0.29) is 0 Å². The number of hydrogen-bond donors (Lipinski definition) is 1. The molecular formula is C12H13N3O2. The van der Waals surface area contributed by atoms with Gasteiger partial charge in [0.25, 0.3) is 11.8 Å². The maximum Gasteiger partial charge on any atom is 0.263 e. The molecule has 0 spiro atoms. The average Bonchev–Trinajstić information content (AvgIpc) is 3.06. The van der Waals surface area contributed by atoms with Crippen LogP contribution >= 0.6 is 0 Å². The minimum Gasteiger partial charge on any atom is -0.497 e. The Labute approximate surface area is 98.8 Å². The quantitative estimate of drug-likeness (QED) is 0.875. The van der Waals surface area contributed by atoms with Crippen LogP contribution in [0.5, 0.6) is 5.75 Å². The zero-order valence-electron chi connectivity index (χ0n) is 9.51. The fourth-order valence-electron chi connectivity index (χ4n) is 1.54. The first-order valence-corrected chi connectivity index (χ1v) is 5.60. The van der Waals surface area contributed by atoms with E-state index in [2.05, 4.69) is 15.5 Å². The van der Waals surface area contributed by atoms with Gasteiger partial charge >= 0.3 is 0 Å². The van der Waals surface area contributed by atoms with Gasteiger partial charge in [-0.1, -0.05) is 0 Å². The summed E-state index contributed by atoms with van der Waals surface area (Å²) in [5.41, 5.74) is 0.891. The van der Waals surface area contributed by atoms with Crippen LogP contribution in [0.1, 0.15) is 12.8 Å². The molecule has 5 nitrogen and oxygen atoms in total. The van der Waals surface area contributed by atoms with Crippen LogP contribution in [0.25, 0.3) is 11.5 Å². The Morgan fingerprint density at radius 1 is 1.29 bits per heavy atom. The summed E-state index contributed by atoms with van der Waals surface area (Å²) in [4.78, 5) is 4.29. The van der Waals surface area contributed by atoms with E-state index in [0.717, 1.165) is 11.3 Å². The number of nitrogens with one attached hydrogen (secondary N) is 1. The summed E-state index contributed by atoms with van der Waals surface area (Å²) in [7, 11) is 1.64. The van der Waals surface area contributed by atoms with Gasteiger partial charge in [0.1, 0.15) is 5.75 Å². The molecule has 1 aromatic carbocycles. The van der Waals surface area contributed by atoms with Crippen molar-refractivity contribution >= 4 is 5.95 Å². The van der Waals surface area contributed by atoms with Crippen molar-refractivity contribution in [3.63, 3.8) is 0 Å². The lowest BCUT2D eigenvalue weighted by Crippen LogP contribution is -2.01. The van der Waals surface area contributed by atoms with Gasteiger partial charge in [-0.05, 0) is 42.3 Å². The van der Waals surface area contributed by atoms with Crippen LogP contribution in [0, 0.1) is 0 Å². The van der Waals surface area contributed by atoms with Crippen molar-refractivity contribution in [2.24, 2.45) is 0 Å².